The number of rotatable bonds is 6. The van der Waals surface area contributed by atoms with Crippen LogP contribution in [0.5, 0.6) is 0 Å². The van der Waals surface area contributed by atoms with Gasteiger partial charge in [0.25, 0.3) is 0 Å². The van der Waals surface area contributed by atoms with Crippen LogP contribution in [0.3, 0.4) is 0 Å². The first-order valence-corrected chi connectivity index (χ1v) is 7.93. The molecular weight excluding hydrogens is 244 g/mol. The minimum atomic E-state index is -2.46. The van der Waals surface area contributed by atoms with Crippen LogP contribution in [0, 0.1) is 5.92 Å². The first-order chi connectivity index (χ1) is 7.91. The van der Waals surface area contributed by atoms with Crippen LogP contribution in [0.2, 0.25) is 0 Å². The molecule has 0 aromatic rings. The molecule has 1 N–H and O–H groups in total. The topological polar surface area (TPSA) is 29.1 Å². The van der Waals surface area contributed by atoms with Gasteiger partial charge in [0.2, 0.25) is 5.92 Å². The van der Waals surface area contributed by atoms with Crippen LogP contribution in [-0.4, -0.2) is 34.7 Å². The molecule has 0 bridgehead atoms. The normalized spacial score (nSPS) is 27.6. The lowest BCUT2D eigenvalue weighted by Crippen LogP contribution is -2.33. The zero-order valence-corrected chi connectivity index (χ0v) is 11.5. The SMILES string of the molecule is CC(CCNCC1CCCC(F)(F)C1)S(C)=O. The van der Waals surface area contributed by atoms with E-state index in [1.807, 2.05) is 6.92 Å². The van der Waals surface area contributed by atoms with Crippen LogP contribution >= 0.6 is 0 Å². The van der Waals surface area contributed by atoms with Crippen molar-refractivity contribution in [3.05, 3.63) is 0 Å². The average Bonchev–Trinajstić information content (AvgIpc) is 2.22. The van der Waals surface area contributed by atoms with Gasteiger partial charge in [-0.05, 0) is 38.3 Å². The third-order valence-electron chi connectivity index (χ3n) is 3.47. The van der Waals surface area contributed by atoms with Crippen LogP contribution in [0.25, 0.3) is 0 Å². The van der Waals surface area contributed by atoms with E-state index >= 15 is 0 Å². The molecule has 102 valence electrons. The van der Waals surface area contributed by atoms with Gasteiger partial charge in [0.1, 0.15) is 0 Å². The van der Waals surface area contributed by atoms with Crippen LogP contribution in [0.15, 0.2) is 0 Å². The first kappa shape index (κ1) is 15.0. The molecule has 0 aliphatic heterocycles. The highest BCUT2D eigenvalue weighted by molar-refractivity contribution is 7.84. The second-order valence-corrected chi connectivity index (χ2v) is 6.92. The molecule has 1 aliphatic rings. The van der Waals surface area contributed by atoms with E-state index in [-0.39, 0.29) is 24.0 Å². The van der Waals surface area contributed by atoms with E-state index in [1.54, 1.807) is 6.26 Å². The van der Waals surface area contributed by atoms with Crippen molar-refractivity contribution >= 4 is 10.8 Å². The van der Waals surface area contributed by atoms with E-state index in [9.17, 15) is 13.0 Å². The van der Waals surface area contributed by atoms with E-state index in [1.165, 1.54) is 0 Å². The van der Waals surface area contributed by atoms with Crippen molar-refractivity contribution in [1.29, 1.82) is 0 Å². The summed E-state index contributed by atoms with van der Waals surface area (Å²) < 4.78 is 37.4. The molecule has 0 radical (unpaired) electrons. The van der Waals surface area contributed by atoms with Crippen molar-refractivity contribution in [2.75, 3.05) is 19.3 Å². The Hall–Kier alpha value is -0.0300. The fourth-order valence-electron chi connectivity index (χ4n) is 2.23. The summed E-state index contributed by atoms with van der Waals surface area (Å²) in [4.78, 5) is 0. The lowest BCUT2D eigenvalue weighted by atomic mass is 9.86. The molecule has 3 atom stereocenters. The molecule has 0 heterocycles. The second kappa shape index (κ2) is 6.78. The number of hydrogen-bond donors (Lipinski definition) is 1. The van der Waals surface area contributed by atoms with E-state index < -0.39 is 16.7 Å². The third-order valence-corrected chi connectivity index (χ3v) is 4.84. The monoisotopic (exact) mass is 267 g/mol. The molecule has 0 spiro atoms. The van der Waals surface area contributed by atoms with E-state index in [0.29, 0.717) is 13.0 Å². The van der Waals surface area contributed by atoms with Gasteiger partial charge in [0.15, 0.2) is 0 Å². The molecule has 2 nitrogen and oxygen atoms in total. The van der Waals surface area contributed by atoms with Gasteiger partial charge >= 0.3 is 0 Å². The maximum absolute atomic E-state index is 13.1. The molecule has 17 heavy (non-hydrogen) atoms. The third kappa shape index (κ3) is 5.91. The maximum atomic E-state index is 13.1. The number of nitrogens with one attached hydrogen (secondary N) is 1. The van der Waals surface area contributed by atoms with Gasteiger partial charge in [-0.25, -0.2) is 8.78 Å². The molecular formula is C12H23F2NOS. The van der Waals surface area contributed by atoms with Crippen molar-refractivity contribution in [3.8, 4) is 0 Å². The number of alkyl halides is 2. The highest BCUT2D eigenvalue weighted by Crippen LogP contribution is 2.36. The molecule has 5 heteroatoms. The van der Waals surface area contributed by atoms with Crippen molar-refractivity contribution < 1.29 is 13.0 Å². The van der Waals surface area contributed by atoms with Crippen LogP contribution in [0.4, 0.5) is 8.78 Å². The van der Waals surface area contributed by atoms with Gasteiger partial charge in [-0.2, -0.15) is 0 Å². The Morgan fingerprint density at radius 2 is 2.24 bits per heavy atom. The quantitative estimate of drug-likeness (QED) is 0.749. The Bertz CT molecular complexity index is 261. The lowest BCUT2D eigenvalue weighted by Gasteiger charge is -2.29. The predicted molar refractivity (Wildman–Crippen MR) is 67.9 cm³/mol. The lowest BCUT2D eigenvalue weighted by molar-refractivity contribution is -0.0519. The van der Waals surface area contributed by atoms with E-state index in [4.69, 9.17) is 0 Å². The van der Waals surface area contributed by atoms with Crippen molar-refractivity contribution in [2.24, 2.45) is 5.92 Å². The summed E-state index contributed by atoms with van der Waals surface area (Å²) in [5.74, 6) is -2.36. The molecule has 0 aromatic carbocycles. The minimum absolute atomic E-state index is 0.0231. The highest BCUT2D eigenvalue weighted by atomic mass is 32.2. The smallest absolute Gasteiger partial charge is 0.248 e. The molecule has 0 amide bonds. The van der Waals surface area contributed by atoms with Gasteiger partial charge in [0, 0.05) is 35.1 Å². The Kier molecular flexibility index (Phi) is 6.00. The standard InChI is InChI=1S/C12H23F2NOS/c1-10(17(2)16)5-7-15-9-11-4-3-6-12(13,14)8-11/h10-11,15H,3-9H2,1-2H3. The fourth-order valence-corrected chi connectivity index (χ4v) is 2.68. The van der Waals surface area contributed by atoms with Crippen LogP contribution in [-0.2, 0) is 10.8 Å². The maximum Gasteiger partial charge on any atom is 0.248 e. The van der Waals surface area contributed by atoms with Crippen molar-refractivity contribution in [3.63, 3.8) is 0 Å². The van der Waals surface area contributed by atoms with Crippen LogP contribution < -0.4 is 5.32 Å². The molecule has 0 saturated heterocycles. The summed E-state index contributed by atoms with van der Waals surface area (Å²) in [6.07, 6.45) is 4.15. The molecule has 0 aromatic heterocycles. The zero-order valence-electron chi connectivity index (χ0n) is 10.7. The Morgan fingerprint density at radius 3 is 2.82 bits per heavy atom. The number of hydrogen-bond acceptors (Lipinski definition) is 2. The van der Waals surface area contributed by atoms with Gasteiger partial charge < -0.3 is 5.32 Å². The average molecular weight is 267 g/mol. The molecule has 1 saturated carbocycles. The molecule has 1 rings (SSSR count). The second-order valence-electron chi connectivity index (χ2n) is 5.12. The number of halogens is 2. The van der Waals surface area contributed by atoms with Gasteiger partial charge in [-0.3, -0.25) is 4.21 Å². The first-order valence-electron chi connectivity index (χ1n) is 6.31. The predicted octanol–water partition coefficient (Wildman–Crippen LogP) is 2.56. The summed E-state index contributed by atoms with van der Waals surface area (Å²) in [5.41, 5.74) is 0. The van der Waals surface area contributed by atoms with E-state index in [2.05, 4.69) is 5.32 Å². The Morgan fingerprint density at radius 1 is 1.53 bits per heavy atom. The van der Waals surface area contributed by atoms with Crippen molar-refractivity contribution in [1.82, 2.24) is 5.32 Å². The Labute approximate surface area is 105 Å². The van der Waals surface area contributed by atoms with Gasteiger partial charge in [-0.1, -0.05) is 6.92 Å². The fraction of sp³-hybridized carbons (Fsp3) is 1.00. The summed E-state index contributed by atoms with van der Waals surface area (Å²) in [7, 11) is -0.791. The summed E-state index contributed by atoms with van der Waals surface area (Å²) in [6, 6.07) is 0. The molecule has 1 fully saturated rings. The van der Waals surface area contributed by atoms with Gasteiger partial charge in [0.05, 0.1) is 0 Å². The summed E-state index contributed by atoms with van der Waals surface area (Å²) in [6.45, 7) is 3.38. The van der Waals surface area contributed by atoms with Crippen LogP contribution in [0.1, 0.15) is 39.0 Å². The minimum Gasteiger partial charge on any atom is -0.316 e. The van der Waals surface area contributed by atoms with Gasteiger partial charge in [-0.15, -0.1) is 0 Å². The Balaban J connectivity index is 2.12. The summed E-state index contributed by atoms with van der Waals surface area (Å²) >= 11 is 0. The van der Waals surface area contributed by atoms with Crippen molar-refractivity contribution in [2.45, 2.75) is 50.2 Å². The summed E-state index contributed by atoms with van der Waals surface area (Å²) in [5, 5.41) is 3.39. The highest BCUT2D eigenvalue weighted by Gasteiger charge is 2.35. The molecule has 3 unspecified atom stereocenters. The zero-order chi connectivity index (χ0) is 12.9. The largest absolute Gasteiger partial charge is 0.316 e. The van der Waals surface area contributed by atoms with E-state index in [0.717, 1.165) is 19.4 Å². The molecule has 1 aliphatic carbocycles.